The van der Waals surface area contributed by atoms with Gasteiger partial charge in [0.15, 0.2) is 0 Å². The van der Waals surface area contributed by atoms with Gasteiger partial charge in [-0.05, 0) is 6.42 Å². The average molecular weight is 299 g/mol. The van der Waals surface area contributed by atoms with E-state index < -0.39 is 16.7 Å². The van der Waals surface area contributed by atoms with Gasteiger partial charge in [-0.2, -0.15) is 0 Å². The number of ether oxygens (including phenoxy) is 1. The highest BCUT2D eigenvalue weighted by molar-refractivity contribution is 7.84. The highest BCUT2D eigenvalue weighted by Gasteiger charge is 2.50. The van der Waals surface area contributed by atoms with Gasteiger partial charge < -0.3 is 14.4 Å². The molecule has 0 radical (unpaired) electrons. The zero-order valence-corrected chi connectivity index (χ0v) is 12.7. The van der Waals surface area contributed by atoms with Crippen molar-refractivity contribution in [2.75, 3.05) is 25.1 Å². The summed E-state index contributed by atoms with van der Waals surface area (Å²) >= 11 is 0. The Morgan fingerprint density at radius 3 is 2.75 bits per heavy atom. The molecule has 0 saturated carbocycles. The molecule has 0 aliphatic carbocycles. The molecule has 0 aromatic rings. The van der Waals surface area contributed by atoms with Crippen LogP contribution in [-0.4, -0.2) is 58.6 Å². The second-order valence-corrected chi connectivity index (χ2v) is 7.10. The maximum absolute atomic E-state index is 12.4. The number of hydrogen-bond donors (Lipinski definition) is 0. The van der Waals surface area contributed by atoms with E-state index in [-0.39, 0.29) is 24.0 Å². The lowest BCUT2D eigenvalue weighted by molar-refractivity contribution is -0.137. The molecule has 2 aliphatic heterocycles. The van der Waals surface area contributed by atoms with E-state index >= 15 is 0 Å². The zero-order chi connectivity index (χ0) is 14.7. The van der Waals surface area contributed by atoms with Gasteiger partial charge in [0.05, 0.1) is 24.0 Å². The van der Waals surface area contributed by atoms with Crippen molar-refractivity contribution in [2.45, 2.75) is 25.6 Å². The minimum Gasteiger partial charge on any atom is -0.365 e. The molecule has 5 nitrogen and oxygen atoms in total. The van der Waals surface area contributed by atoms with E-state index in [1.165, 1.54) is 0 Å². The first-order chi connectivity index (χ1) is 9.58. The van der Waals surface area contributed by atoms with Crippen LogP contribution in [0.15, 0.2) is 12.2 Å². The van der Waals surface area contributed by atoms with Crippen LogP contribution in [0.25, 0.3) is 0 Å². The Morgan fingerprint density at radius 1 is 1.40 bits per heavy atom. The van der Waals surface area contributed by atoms with E-state index in [0.29, 0.717) is 24.5 Å². The summed E-state index contributed by atoms with van der Waals surface area (Å²) in [6.45, 7) is 2.45. The number of aldehydes is 1. The molecule has 1 saturated heterocycles. The molecule has 0 N–H and O–H groups in total. The molecule has 0 aromatic heterocycles. The highest BCUT2D eigenvalue weighted by atomic mass is 32.2. The van der Waals surface area contributed by atoms with Gasteiger partial charge in [0.2, 0.25) is 5.91 Å². The standard InChI is InChI=1S/C14H21NO4S/c1-3-20(18)8-4-7-15(2)14(17)13-10(9-16)11-5-6-12(13)19-11/h5-6,9-13H,3-4,7-8H2,1-2H3. The molecular formula is C14H21NO4S. The SMILES string of the molecule is CCS(=O)CCCN(C)C(=O)C1C2C=CC(O2)C1C=O. The molecule has 2 heterocycles. The molecule has 2 rings (SSSR count). The van der Waals surface area contributed by atoms with Crippen molar-refractivity contribution in [3.05, 3.63) is 12.2 Å². The summed E-state index contributed by atoms with van der Waals surface area (Å²) in [6, 6.07) is 0. The number of fused-ring (bicyclic) bond motifs is 2. The van der Waals surface area contributed by atoms with Gasteiger partial charge in [0.1, 0.15) is 6.29 Å². The second-order valence-electron chi connectivity index (χ2n) is 5.24. The van der Waals surface area contributed by atoms with Crippen molar-refractivity contribution in [3.63, 3.8) is 0 Å². The quantitative estimate of drug-likeness (QED) is 0.503. The molecule has 6 heteroatoms. The Kier molecular flexibility index (Phi) is 5.10. The van der Waals surface area contributed by atoms with E-state index in [1.54, 1.807) is 11.9 Å². The predicted octanol–water partition coefficient (Wildman–Crippen LogP) is 0.372. The molecule has 5 unspecified atom stereocenters. The van der Waals surface area contributed by atoms with Gasteiger partial charge in [0.25, 0.3) is 0 Å². The summed E-state index contributed by atoms with van der Waals surface area (Å²) < 4.78 is 16.9. The van der Waals surface area contributed by atoms with Crippen LogP contribution < -0.4 is 0 Å². The summed E-state index contributed by atoms with van der Waals surface area (Å²) in [5, 5.41) is 0. The molecule has 0 spiro atoms. The summed E-state index contributed by atoms with van der Waals surface area (Å²) in [6.07, 6.45) is 4.76. The van der Waals surface area contributed by atoms with Crippen LogP contribution in [0.1, 0.15) is 13.3 Å². The van der Waals surface area contributed by atoms with Crippen LogP contribution in [0, 0.1) is 11.8 Å². The maximum atomic E-state index is 12.4. The highest BCUT2D eigenvalue weighted by Crippen LogP contribution is 2.38. The van der Waals surface area contributed by atoms with Crippen LogP contribution in [0.5, 0.6) is 0 Å². The molecule has 112 valence electrons. The largest absolute Gasteiger partial charge is 0.365 e. The molecule has 1 amide bonds. The van der Waals surface area contributed by atoms with Crippen LogP contribution in [0.2, 0.25) is 0 Å². The molecule has 2 bridgehead atoms. The number of rotatable bonds is 7. The van der Waals surface area contributed by atoms with E-state index in [1.807, 2.05) is 19.1 Å². The smallest absolute Gasteiger partial charge is 0.229 e. The monoisotopic (exact) mass is 299 g/mol. The second kappa shape index (κ2) is 6.63. The van der Waals surface area contributed by atoms with Gasteiger partial charge in [-0.1, -0.05) is 19.1 Å². The van der Waals surface area contributed by atoms with Crippen molar-refractivity contribution >= 4 is 23.0 Å². The van der Waals surface area contributed by atoms with Crippen LogP contribution in [0.3, 0.4) is 0 Å². The summed E-state index contributed by atoms with van der Waals surface area (Å²) in [7, 11) is 0.932. The lowest BCUT2D eigenvalue weighted by Gasteiger charge is -2.26. The molecule has 5 atom stereocenters. The molecular weight excluding hydrogens is 278 g/mol. The summed E-state index contributed by atoms with van der Waals surface area (Å²) in [5.41, 5.74) is 0. The first kappa shape index (κ1) is 15.4. The number of carbonyl (C=O) groups excluding carboxylic acids is 2. The van der Waals surface area contributed by atoms with Gasteiger partial charge >= 0.3 is 0 Å². The number of carbonyl (C=O) groups is 2. The van der Waals surface area contributed by atoms with Gasteiger partial charge in [-0.3, -0.25) is 9.00 Å². The number of hydrogen-bond acceptors (Lipinski definition) is 4. The Labute approximate surface area is 121 Å². The fraction of sp³-hybridized carbons (Fsp3) is 0.714. The van der Waals surface area contributed by atoms with Gasteiger partial charge in [0, 0.05) is 35.9 Å². The summed E-state index contributed by atoms with van der Waals surface area (Å²) in [5.74, 6) is 0.434. The fourth-order valence-corrected chi connectivity index (χ4v) is 3.52. The van der Waals surface area contributed by atoms with E-state index in [2.05, 4.69) is 0 Å². The topological polar surface area (TPSA) is 63.7 Å². The summed E-state index contributed by atoms with van der Waals surface area (Å²) in [4.78, 5) is 25.2. The normalized spacial score (nSPS) is 32.3. The van der Waals surface area contributed by atoms with E-state index in [9.17, 15) is 13.8 Å². The Hall–Kier alpha value is -1.01. The van der Waals surface area contributed by atoms with E-state index in [4.69, 9.17) is 4.74 Å². The third-order valence-electron chi connectivity index (χ3n) is 3.96. The first-order valence-corrected chi connectivity index (χ1v) is 8.46. The Morgan fingerprint density at radius 2 is 2.10 bits per heavy atom. The zero-order valence-electron chi connectivity index (χ0n) is 11.9. The van der Waals surface area contributed by atoms with Crippen molar-refractivity contribution in [1.82, 2.24) is 4.90 Å². The molecule has 0 aromatic carbocycles. The van der Waals surface area contributed by atoms with Crippen molar-refractivity contribution in [2.24, 2.45) is 11.8 Å². The fourth-order valence-electron chi connectivity index (χ4n) is 2.78. The minimum atomic E-state index is -0.799. The third kappa shape index (κ3) is 3.01. The Balaban J connectivity index is 1.89. The van der Waals surface area contributed by atoms with E-state index in [0.717, 1.165) is 6.29 Å². The first-order valence-electron chi connectivity index (χ1n) is 6.97. The van der Waals surface area contributed by atoms with Crippen molar-refractivity contribution in [3.8, 4) is 0 Å². The third-order valence-corrected chi connectivity index (χ3v) is 5.35. The molecule has 20 heavy (non-hydrogen) atoms. The van der Waals surface area contributed by atoms with Crippen LogP contribution in [0.4, 0.5) is 0 Å². The molecule has 2 aliphatic rings. The maximum Gasteiger partial charge on any atom is 0.229 e. The minimum absolute atomic E-state index is 0.0544. The van der Waals surface area contributed by atoms with Crippen LogP contribution in [-0.2, 0) is 25.1 Å². The van der Waals surface area contributed by atoms with Crippen molar-refractivity contribution in [1.29, 1.82) is 0 Å². The van der Waals surface area contributed by atoms with Crippen LogP contribution >= 0.6 is 0 Å². The van der Waals surface area contributed by atoms with Gasteiger partial charge in [-0.25, -0.2) is 0 Å². The Bertz CT molecular complexity index is 437. The van der Waals surface area contributed by atoms with Gasteiger partial charge in [-0.15, -0.1) is 0 Å². The number of amides is 1. The van der Waals surface area contributed by atoms with Crippen molar-refractivity contribution < 1.29 is 18.5 Å². The average Bonchev–Trinajstić information content (AvgIpc) is 3.06. The predicted molar refractivity (Wildman–Crippen MR) is 76.6 cm³/mol. The lowest BCUT2D eigenvalue weighted by atomic mass is 9.83. The number of nitrogens with zero attached hydrogens (tertiary/aromatic N) is 1. The molecule has 1 fully saturated rings. The lowest BCUT2D eigenvalue weighted by Crippen LogP contribution is -2.41.